The van der Waals surface area contributed by atoms with Gasteiger partial charge >= 0.3 is 0 Å². The summed E-state index contributed by atoms with van der Waals surface area (Å²) < 4.78 is 0. The molecule has 0 aliphatic carbocycles. The highest BCUT2D eigenvalue weighted by Crippen LogP contribution is 2.39. The van der Waals surface area contributed by atoms with Gasteiger partial charge < -0.3 is 4.98 Å². The van der Waals surface area contributed by atoms with Crippen molar-refractivity contribution in [2.45, 2.75) is 12.8 Å². The Labute approximate surface area is 134 Å². The fourth-order valence-corrected chi connectivity index (χ4v) is 4.11. The van der Waals surface area contributed by atoms with Gasteiger partial charge in [-0.2, -0.15) is 0 Å². The standard InChI is InChI=1S/C20H17NS/c1-14-19(16-10-5-6-11-17(16)21-14)20(18-12-7-13-22-18)15-8-3-2-4-9-15/h2-13,20-21H,1H3/t20-/m0/s1. The SMILES string of the molecule is Cc1[nH]c2ccccc2c1[C@@H](c1ccccc1)c1cccs1. The van der Waals surface area contributed by atoms with Crippen LogP contribution in [-0.2, 0) is 0 Å². The molecule has 0 unspecified atom stereocenters. The molecule has 0 spiro atoms. The molecule has 2 aromatic carbocycles. The Bertz CT molecular complexity index is 888. The molecule has 1 nitrogen and oxygen atoms in total. The molecule has 22 heavy (non-hydrogen) atoms. The number of para-hydroxylation sites is 1. The van der Waals surface area contributed by atoms with Crippen molar-refractivity contribution in [3.63, 3.8) is 0 Å². The van der Waals surface area contributed by atoms with Crippen LogP contribution >= 0.6 is 11.3 Å². The molecule has 0 amide bonds. The van der Waals surface area contributed by atoms with E-state index in [2.05, 4.69) is 84.0 Å². The number of thiophene rings is 1. The Balaban J connectivity index is 2.00. The number of hydrogen-bond donors (Lipinski definition) is 1. The van der Waals surface area contributed by atoms with Crippen LogP contribution in [-0.4, -0.2) is 4.98 Å². The van der Waals surface area contributed by atoms with Crippen LogP contribution in [0.2, 0.25) is 0 Å². The second kappa shape index (κ2) is 5.47. The lowest BCUT2D eigenvalue weighted by atomic mass is 9.88. The average molecular weight is 303 g/mol. The van der Waals surface area contributed by atoms with Crippen molar-refractivity contribution in [3.05, 3.63) is 93.8 Å². The van der Waals surface area contributed by atoms with Gasteiger partial charge in [0.1, 0.15) is 0 Å². The number of nitrogens with one attached hydrogen (secondary N) is 1. The monoisotopic (exact) mass is 303 g/mol. The van der Waals surface area contributed by atoms with E-state index in [1.165, 1.54) is 32.6 Å². The second-order valence-electron chi connectivity index (χ2n) is 5.57. The summed E-state index contributed by atoms with van der Waals surface area (Å²) in [6, 6.07) is 23.7. The summed E-state index contributed by atoms with van der Waals surface area (Å²) in [5.74, 6) is 0.289. The zero-order valence-electron chi connectivity index (χ0n) is 12.4. The van der Waals surface area contributed by atoms with Gasteiger partial charge in [-0.05, 0) is 35.6 Å². The zero-order chi connectivity index (χ0) is 14.9. The van der Waals surface area contributed by atoms with Gasteiger partial charge in [0.2, 0.25) is 0 Å². The topological polar surface area (TPSA) is 15.8 Å². The van der Waals surface area contributed by atoms with E-state index in [-0.39, 0.29) is 5.92 Å². The van der Waals surface area contributed by atoms with Gasteiger partial charge in [0, 0.05) is 27.4 Å². The van der Waals surface area contributed by atoms with Crippen LogP contribution in [0, 0.1) is 6.92 Å². The third-order valence-corrected chi connectivity index (χ3v) is 5.13. The number of rotatable bonds is 3. The van der Waals surface area contributed by atoms with Crippen molar-refractivity contribution in [2.75, 3.05) is 0 Å². The molecule has 2 heteroatoms. The van der Waals surface area contributed by atoms with Crippen molar-refractivity contribution < 1.29 is 0 Å². The fourth-order valence-electron chi connectivity index (χ4n) is 3.24. The molecule has 4 aromatic rings. The third-order valence-electron chi connectivity index (χ3n) is 4.19. The van der Waals surface area contributed by atoms with E-state index in [0.29, 0.717) is 0 Å². The highest BCUT2D eigenvalue weighted by Gasteiger charge is 2.23. The molecule has 0 bridgehead atoms. The van der Waals surface area contributed by atoms with E-state index in [1.807, 2.05) is 11.3 Å². The van der Waals surface area contributed by atoms with Crippen LogP contribution < -0.4 is 0 Å². The predicted octanol–water partition coefficient (Wildman–Crippen LogP) is 5.72. The van der Waals surface area contributed by atoms with Crippen LogP contribution in [0.1, 0.15) is 27.6 Å². The van der Waals surface area contributed by atoms with Crippen LogP contribution in [0.15, 0.2) is 72.1 Å². The first-order valence-electron chi connectivity index (χ1n) is 7.50. The summed E-state index contributed by atoms with van der Waals surface area (Å²) in [4.78, 5) is 4.93. The Morgan fingerprint density at radius 2 is 1.64 bits per heavy atom. The van der Waals surface area contributed by atoms with Gasteiger partial charge in [-0.15, -0.1) is 11.3 Å². The minimum Gasteiger partial charge on any atom is -0.358 e. The molecular formula is C20H17NS. The molecule has 0 radical (unpaired) electrons. The maximum absolute atomic E-state index is 3.54. The summed E-state index contributed by atoms with van der Waals surface area (Å²) in [7, 11) is 0. The highest BCUT2D eigenvalue weighted by molar-refractivity contribution is 7.10. The largest absolute Gasteiger partial charge is 0.358 e. The van der Waals surface area contributed by atoms with Crippen molar-refractivity contribution in [1.82, 2.24) is 4.98 Å². The number of aryl methyl sites for hydroxylation is 1. The summed E-state index contributed by atoms with van der Waals surface area (Å²) in [6.45, 7) is 2.18. The van der Waals surface area contributed by atoms with Gasteiger partial charge in [-0.1, -0.05) is 54.6 Å². The Morgan fingerprint density at radius 1 is 0.864 bits per heavy atom. The molecule has 4 rings (SSSR count). The summed E-state index contributed by atoms with van der Waals surface area (Å²) in [5.41, 5.74) is 5.21. The lowest BCUT2D eigenvalue weighted by Crippen LogP contribution is -2.02. The zero-order valence-corrected chi connectivity index (χ0v) is 13.2. The van der Waals surface area contributed by atoms with E-state index >= 15 is 0 Å². The van der Waals surface area contributed by atoms with Gasteiger partial charge in [-0.25, -0.2) is 0 Å². The maximum atomic E-state index is 3.54. The first-order chi connectivity index (χ1) is 10.8. The second-order valence-corrected chi connectivity index (χ2v) is 6.55. The molecule has 0 saturated carbocycles. The summed E-state index contributed by atoms with van der Waals surface area (Å²) >= 11 is 1.83. The number of aromatic nitrogens is 1. The number of benzene rings is 2. The van der Waals surface area contributed by atoms with E-state index in [0.717, 1.165) is 0 Å². The van der Waals surface area contributed by atoms with Crippen molar-refractivity contribution in [2.24, 2.45) is 0 Å². The van der Waals surface area contributed by atoms with Gasteiger partial charge in [0.05, 0.1) is 0 Å². The lowest BCUT2D eigenvalue weighted by Gasteiger charge is -2.17. The van der Waals surface area contributed by atoms with E-state index in [4.69, 9.17) is 0 Å². The van der Waals surface area contributed by atoms with Gasteiger partial charge in [0.15, 0.2) is 0 Å². The maximum Gasteiger partial charge on any atom is 0.0459 e. The molecule has 0 fully saturated rings. The minimum absolute atomic E-state index is 0.289. The highest BCUT2D eigenvalue weighted by atomic mass is 32.1. The molecule has 2 aromatic heterocycles. The van der Waals surface area contributed by atoms with E-state index < -0.39 is 0 Å². The normalized spacial score (nSPS) is 12.6. The summed E-state index contributed by atoms with van der Waals surface area (Å²) in [6.07, 6.45) is 0. The van der Waals surface area contributed by atoms with E-state index in [1.54, 1.807) is 0 Å². The number of fused-ring (bicyclic) bond motifs is 1. The molecule has 108 valence electrons. The fraction of sp³-hybridized carbons (Fsp3) is 0.100. The van der Waals surface area contributed by atoms with Crippen LogP contribution in [0.3, 0.4) is 0 Å². The summed E-state index contributed by atoms with van der Waals surface area (Å²) in [5, 5.41) is 3.48. The predicted molar refractivity (Wildman–Crippen MR) is 94.7 cm³/mol. The van der Waals surface area contributed by atoms with E-state index in [9.17, 15) is 0 Å². The quantitative estimate of drug-likeness (QED) is 0.498. The first-order valence-corrected chi connectivity index (χ1v) is 8.38. The minimum atomic E-state index is 0.289. The van der Waals surface area contributed by atoms with Crippen LogP contribution in [0.4, 0.5) is 0 Å². The Kier molecular flexibility index (Phi) is 3.32. The number of aromatic amines is 1. The van der Waals surface area contributed by atoms with Crippen molar-refractivity contribution >= 4 is 22.2 Å². The number of hydrogen-bond acceptors (Lipinski definition) is 1. The van der Waals surface area contributed by atoms with Gasteiger partial charge in [-0.3, -0.25) is 0 Å². The van der Waals surface area contributed by atoms with Crippen molar-refractivity contribution in [3.8, 4) is 0 Å². The molecular weight excluding hydrogens is 286 g/mol. The molecule has 1 atom stereocenters. The van der Waals surface area contributed by atoms with Gasteiger partial charge in [0.25, 0.3) is 0 Å². The first kappa shape index (κ1) is 13.4. The smallest absolute Gasteiger partial charge is 0.0459 e. The molecule has 1 N–H and O–H groups in total. The van der Waals surface area contributed by atoms with Crippen molar-refractivity contribution in [1.29, 1.82) is 0 Å². The van der Waals surface area contributed by atoms with Crippen LogP contribution in [0.5, 0.6) is 0 Å². The Morgan fingerprint density at radius 3 is 2.41 bits per heavy atom. The molecule has 2 heterocycles. The Hall–Kier alpha value is -2.32. The lowest BCUT2D eigenvalue weighted by molar-refractivity contribution is 0.994. The molecule has 0 aliphatic heterocycles. The third kappa shape index (κ3) is 2.16. The molecule has 0 saturated heterocycles. The van der Waals surface area contributed by atoms with Crippen LogP contribution in [0.25, 0.3) is 10.9 Å². The average Bonchev–Trinajstić information content (AvgIpc) is 3.18. The molecule has 0 aliphatic rings. The number of H-pyrrole nitrogens is 1.